The molecule has 0 fully saturated rings. The second-order valence-corrected chi connectivity index (χ2v) is 7.77. The standard InChI is InChI=1S/C21H23N5O5S/c1-2-30-19(27)18-26-25-16(32-18)11-7-6-10-15-12-22-20(28)23-17(15)24-21(29)31-13-14-8-4-3-5-9-14/h3-5,8-9,12H,2,6-7,10-11,13H2,1H3,(H2,22,23,24,28,29). The molecule has 10 nitrogen and oxygen atoms in total. The Morgan fingerprint density at radius 1 is 1.09 bits per heavy atom. The number of H-pyrrole nitrogens is 1. The van der Waals surface area contributed by atoms with E-state index in [1.165, 1.54) is 17.5 Å². The van der Waals surface area contributed by atoms with Crippen LogP contribution in [0.1, 0.15) is 45.7 Å². The fourth-order valence-corrected chi connectivity index (χ4v) is 3.58. The molecule has 2 aromatic heterocycles. The van der Waals surface area contributed by atoms with E-state index in [-0.39, 0.29) is 24.0 Å². The molecule has 0 bridgehead atoms. The number of aromatic amines is 1. The molecule has 3 aromatic rings. The molecule has 0 aliphatic rings. The molecular weight excluding hydrogens is 434 g/mol. The Labute approximate surface area is 188 Å². The van der Waals surface area contributed by atoms with Crippen molar-refractivity contribution in [3.8, 4) is 0 Å². The smallest absolute Gasteiger partial charge is 0.413 e. The first-order valence-corrected chi connectivity index (χ1v) is 10.9. The molecule has 0 spiro atoms. The summed E-state index contributed by atoms with van der Waals surface area (Å²) in [7, 11) is 0. The summed E-state index contributed by atoms with van der Waals surface area (Å²) in [5.74, 6) is -0.200. The van der Waals surface area contributed by atoms with Crippen molar-refractivity contribution in [3.63, 3.8) is 0 Å². The van der Waals surface area contributed by atoms with E-state index in [0.29, 0.717) is 18.4 Å². The second-order valence-electron chi connectivity index (χ2n) is 6.70. The van der Waals surface area contributed by atoms with E-state index in [0.717, 1.165) is 23.4 Å². The van der Waals surface area contributed by atoms with Crippen molar-refractivity contribution in [2.75, 3.05) is 11.9 Å². The van der Waals surface area contributed by atoms with Gasteiger partial charge in [-0.3, -0.25) is 10.3 Å². The second kappa shape index (κ2) is 11.7. The van der Waals surface area contributed by atoms with Gasteiger partial charge in [0, 0.05) is 18.2 Å². The average molecular weight is 458 g/mol. The third kappa shape index (κ3) is 6.98. The first-order valence-electron chi connectivity index (χ1n) is 10.1. The Morgan fingerprint density at radius 2 is 1.88 bits per heavy atom. The minimum Gasteiger partial charge on any atom is -0.461 e. The van der Waals surface area contributed by atoms with Gasteiger partial charge in [-0.1, -0.05) is 41.7 Å². The minimum absolute atomic E-state index is 0.118. The van der Waals surface area contributed by atoms with Crippen LogP contribution in [0.5, 0.6) is 0 Å². The van der Waals surface area contributed by atoms with Gasteiger partial charge in [0.15, 0.2) is 0 Å². The molecule has 2 heterocycles. The highest BCUT2D eigenvalue weighted by atomic mass is 32.1. The largest absolute Gasteiger partial charge is 0.461 e. The Morgan fingerprint density at radius 3 is 2.66 bits per heavy atom. The maximum absolute atomic E-state index is 12.1. The zero-order chi connectivity index (χ0) is 22.8. The van der Waals surface area contributed by atoms with Crippen LogP contribution >= 0.6 is 11.3 Å². The summed E-state index contributed by atoms with van der Waals surface area (Å²) in [5.41, 5.74) is 0.979. The zero-order valence-electron chi connectivity index (χ0n) is 17.5. The normalized spacial score (nSPS) is 10.5. The molecule has 1 amide bonds. The number of carbonyl (C=O) groups excluding carboxylic acids is 2. The number of rotatable bonds is 10. The van der Waals surface area contributed by atoms with Crippen LogP contribution < -0.4 is 11.0 Å². The van der Waals surface area contributed by atoms with Gasteiger partial charge in [0.2, 0.25) is 5.01 Å². The number of anilines is 1. The molecule has 0 aliphatic carbocycles. The SMILES string of the molecule is CCOC(=O)c1nnc(CCCCc2cnc(=O)[nH]c2NC(=O)OCc2ccccc2)s1. The predicted octanol–water partition coefficient (Wildman–Crippen LogP) is 3.11. The zero-order valence-corrected chi connectivity index (χ0v) is 18.3. The third-order valence-corrected chi connectivity index (χ3v) is 5.30. The van der Waals surface area contributed by atoms with Crippen LogP contribution in [0.2, 0.25) is 0 Å². The number of nitrogens with zero attached hydrogens (tertiary/aromatic N) is 3. The van der Waals surface area contributed by atoms with Gasteiger partial charge in [0.25, 0.3) is 0 Å². The van der Waals surface area contributed by atoms with E-state index in [2.05, 4.69) is 25.5 Å². The number of carbonyl (C=O) groups is 2. The molecule has 2 N–H and O–H groups in total. The van der Waals surface area contributed by atoms with Crippen LogP contribution in [0.25, 0.3) is 0 Å². The maximum Gasteiger partial charge on any atom is 0.413 e. The molecule has 32 heavy (non-hydrogen) atoms. The predicted molar refractivity (Wildman–Crippen MR) is 118 cm³/mol. The number of aryl methyl sites for hydroxylation is 2. The van der Waals surface area contributed by atoms with Crippen LogP contribution in [-0.4, -0.2) is 38.8 Å². The first kappa shape index (κ1) is 23.1. The van der Waals surface area contributed by atoms with Crippen LogP contribution in [0.15, 0.2) is 41.3 Å². The quantitative estimate of drug-likeness (QED) is 0.350. The molecule has 1 aromatic carbocycles. The van der Waals surface area contributed by atoms with Crippen molar-refractivity contribution < 1.29 is 19.1 Å². The van der Waals surface area contributed by atoms with E-state index in [4.69, 9.17) is 9.47 Å². The lowest BCUT2D eigenvalue weighted by Crippen LogP contribution is -2.20. The average Bonchev–Trinajstić information content (AvgIpc) is 3.26. The molecule has 3 rings (SSSR count). The van der Waals surface area contributed by atoms with Crippen LogP contribution in [0.4, 0.5) is 10.6 Å². The number of aromatic nitrogens is 4. The fraction of sp³-hybridized carbons (Fsp3) is 0.333. The summed E-state index contributed by atoms with van der Waals surface area (Å²) in [6.07, 6.45) is 3.51. The number of hydrogen-bond acceptors (Lipinski definition) is 9. The van der Waals surface area contributed by atoms with Crippen molar-refractivity contribution >= 4 is 29.2 Å². The van der Waals surface area contributed by atoms with E-state index < -0.39 is 17.8 Å². The topological polar surface area (TPSA) is 136 Å². The number of benzene rings is 1. The summed E-state index contributed by atoms with van der Waals surface area (Å²) < 4.78 is 10.1. The lowest BCUT2D eigenvalue weighted by atomic mass is 10.1. The highest BCUT2D eigenvalue weighted by molar-refractivity contribution is 7.13. The lowest BCUT2D eigenvalue weighted by molar-refractivity contribution is 0.0525. The number of nitrogens with one attached hydrogen (secondary N) is 2. The summed E-state index contributed by atoms with van der Waals surface area (Å²) in [6, 6.07) is 9.28. The van der Waals surface area contributed by atoms with Crippen LogP contribution in [0, 0.1) is 0 Å². The fourth-order valence-electron chi connectivity index (χ4n) is 2.80. The highest BCUT2D eigenvalue weighted by Crippen LogP contribution is 2.17. The summed E-state index contributed by atoms with van der Waals surface area (Å²) in [5, 5.41) is 11.4. The van der Waals surface area contributed by atoms with Gasteiger partial charge in [-0.05, 0) is 31.7 Å². The summed E-state index contributed by atoms with van der Waals surface area (Å²) in [6.45, 7) is 2.14. The van der Waals surface area contributed by atoms with Gasteiger partial charge in [-0.25, -0.2) is 19.4 Å². The lowest BCUT2D eigenvalue weighted by Gasteiger charge is -2.10. The number of amides is 1. The van der Waals surface area contributed by atoms with E-state index in [9.17, 15) is 14.4 Å². The number of esters is 1. The molecular formula is C21H23N5O5S. The van der Waals surface area contributed by atoms with E-state index >= 15 is 0 Å². The molecule has 0 radical (unpaired) electrons. The molecule has 0 saturated heterocycles. The summed E-state index contributed by atoms with van der Waals surface area (Å²) >= 11 is 1.21. The van der Waals surface area contributed by atoms with Crippen LogP contribution in [-0.2, 0) is 28.9 Å². The van der Waals surface area contributed by atoms with Gasteiger partial charge < -0.3 is 9.47 Å². The third-order valence-electron chi connectivity index (χ3n) is 4.33. The molecule has 0 saturated carbocycles. The number of hydrogen-bond donors (Lipinski definition) is 2. The number of unbranched alkanes of at least 4 members (excludes halogenated alkanes) is 1. The molecule has 11 heteroatoms. The molecule has 0 aliphatic heterocycles. The Balaban J connectivity index is 1.49. The monoisotopic (exact) mass is 457 g/mol. The van der Waals surface area contributed by atoms with E-state index in [1.54, 1.807) is 6.92 Å². The Bertz CT molecular complexity index is 1100. The van der Waals surface area contributed by atoms with Gasteiger partial charge in [0.05, 0.1) is 6.61 Å². The molecule has 168 valence electrons. The van der Waals surface area contributed by atoms with Crippen molar-refractivity contribution in [3.05, 3.63) is 68.2 Å². The molecule has 0 atom stereocenters. The van der Waals surface area contributed by atoms with Gasteiger partial charge in [-0.15, -0.1) is 10.2 Å². The van der Waals surface area contributed by atoms with Crippen molar-refractivity contribution in [2.24, 2.45) is 0 Å². The maximum atomic E-state index is 12.1. The van der Waals surface area contributed by atoms with Crippen molar-refractivity contribution in [1.29, 1.82) is 0 Å². The van der Waals surface area contributed by atoms with Crippen LogP contribution in [0.3, 0.4) is 0 Å². The van der Waals surface area contributed by atoms with Crippen molar-refractivity contribution in [2.45, 2.75) is 39.2 Å². The van der Waals surface area contributed by atoms with E-state index in [1.807, 2.05) is 30.3 Å². The molecule has 0 unspecified atom stereocenters. The van der Waals surface area contributed by atoms with Gasteiger partial charge in [0.1, 0.15) is 17.4 Å². The minimum atomic E-state index is -0.669. The highest BCUT2D eigenvalue weighted by Gasteiger charge is 2.14. The summed E-state index contributed by atoms with van der Waals surface area (Å²) in [4.78, 5) is 41.7. The number of ether oxygens (including phenoxy) is 2. The Kier molecular flexibility index (Phi) is 8.44. The Hall–Kier alpha value is -3.60. The van der Waals surface area contributed by atoms with Gasteiger partial charge in [-0.2, -0.15) is 0 Å². The van der Waals surface area contributed by atoms with Crippen molar-refractivity contribution in [1.82, 2.24) is 20.2 Å². The first-order chi connectivity index (χ1) is 15.5. The van der Waals surface area contributed by atoms with Gasteiger partial charge >= 0.3 is 17.8 Å².